The molecule has 1 aromatic rings. The van der Waals surface area contributed by atoms with Crippen molar-refractivity contribution in [2.24, 2.45) is 0 Å². The van der Waals surface area contributed by atoms with Crippen LogP contribution in [0.3, 0.4) is 0 Å². The van der Waals surface area contributed by atoms with Crippen LogP contribution in [0.15, 0.2) is 23.1 Å². The number of benzene rings is 1. The minimum absolute atomic E-state index is 0.0909. The maximum Gasteiger partial charge on any atom is 0.240 e. The van der Waals surface area contributed by atoms with Crippen LogP contribution in [0.1, 0.15) is 13.3 Å². The quantitative estimate of drug-likeness (QED) is 0.673. The van der Waals surface area contributed by atoms with Crippen molar-refractivity contribution >= 4 is 27.3 Å². The summed E-state index contributed by atoms with van der Waals surface area (Å²) in [7, 11) is -3.54. The van der Waals surface area contributed by atoms with Crippen LogP contribution in [0.4, 0.5) is 11.4 Å². The molecule has 4 N–H and O–H groups in total. The van der Waals surface area contributed by atoms with Gasteiger partial charge in [-0.25, -0.2) is 13.1 Å². The van der Waals surface area contributed by atoms with Crippen molar-refractivity contribution in [1.29, 1.82) is 0 Å². The fourth-order valence-corrected chi connectivity index (χ4v) is 3.31. The van der Waals surface area contributed by atoms with E-state index in [0.29, 0.717) is 31.0 Å². The Morgan fingerprint density at radius 2 is 2.19 bits per heavy atom. The van der Waals surface area contributed by atoms with Crippen LogP contribution in [0.2, 0.25) is 0 Å². The zero-order valence-electron chi connectivity index (χ0n) is 11.9. The van der Waals surface area contributed by atoms with Crippen molar-refractivity contribution in [1.82, 2.24) is 10.0 Å². The van der Waals surface area contributed by atoms with Gasteiger partial charge in [-0.3, -0.25) is 4.79 Å². The Labute approximate surface area is 124 Å². The molecule has 0 aliphatic carbocycles. The van der Waals surface area contributed by atoms with Gasteiger partial charge in [0.15, 0.2) is 0 Å². The first-order valence-corrected chi connectivity index (χ1v) is 8.33. The van der Waals surface area contributed by atoms with E-state index in [0.717, 1.165) is 6.42 Å². The Balaban J connectivity index is 2.37. The Hall–Kier alpha value is -1.80. The van der Waals surface area contributed by atoms with Crippen LogP contribution < -0.4 is 20.7 Å². The number of amides is 1. The lowest BCUT2D eigenvalue weighted by Crippen LogP contribution is -2.33. The molecule has 1 aliphatic rings. The number of nitrogens with two attached hydrogens (primary N) is 1. The van der Waals surface area contributed by atoms with Crippen molar-refractivity contribution in [3.05, 3.63) is 18.2 Å². The maximum absolute atomic E-state index is 12.1. The lowest BCUT2D eigenvalue weighted by molar-refractivity contribution is -0.119. The molecule has 0 unspecified atom stereocenters. The molecular weight excluding hydrogens is 292 g/mol. The molecule has 1 saturated heterocycles. The Kier molecular flexibility index (Phi) is 4.69. The van der Waals surface area contributed by atoms with Crippen molar-refractivity contribution in [3.63, 3.8) is 0 Å². The number of carbonyl (C=O) groups excluding carboxylic acids is 1. The van der Waals surface area contributed by atoms with E-state index in [1.54, 1.807) is 13.0 Å². The van der Waals surface area contributed by atoms with Gasteiger partial charge in [-0.1, -0.05) is 6.92 Å². The van der Waals surface area contributed by atoms with Gasteiger partial charge in [0.05, 0.1) is 22.8 Å². The molecule has 0 radical (unpaired) electrons. The minimum atomic E-state index is -3.54. The number of nitrogens with zero attached hydrogens (tertiary/aromatic N) is 1. The second kappa shape index (κ2) is 6.31. The van der Waals surface area contributed by atoms with Gasteiger partial charge in [0, 0.05) is 19.6 Å². The lowest BCUT2D eigenvalue weighted by Gasteiger charge is -2.23. The fourth-order valence-electron chi connectivity index (χ4n) is 2.25. The number of nitrogen functional groups attached to an aromatic ring is 1. The summed E-state index contributed by atoms with van der Waals surface area (Å²) < 4.78 is 26.6. The fraction of sp³-hybridized carbons (Fsp3) is 0.462. The van der Waals surface area contributed by atoms with Crippen molar-refractivity contribution in [2.45, 2.75) is 18.2 Å². The number of nitrogens with one attached hydrogen (secondary N) is 2. The average Bonchev–Trinajstić information content (AvgIpc) is 2.63. The number of hydrogen-bond acceptors (Lipinski definition) is 5. The van der Waals surface area contributed by atoms with E-state index in [-0.39, 0.29) is 17.3 Å². The van der Waals surface area contributed by atoms with Gasteiger partial charge in [0.25, 0.3) is 0 Å². The Morgan fingerprint density at radius 3 is 2.90 bits per heavy atom. The zero-order valence-corrected chi connectivity index (χ0v) is 12.7. The third kappa shape index (κ3) is 3.64. The van der Waals surface area contributed by atoms with Gasteiger partial charge in [0.1, 0.15) is 0 Å². The molecule has 21 heavy (non-hydrogen) atoms. The standard InChI is InChI=1S/C13H20N4O3S/c1-2-16-21(19,20)10-4-5-11(14)12(8-10)17-7-3-6-15-13(18)9-17/h4-5,8,16H,2-3,6-7,9,14H2,1H3,(H,15,18). The first-order chi connectivity index (χ1) is 9.94. The number of rotatable bonds is 4. The maximum atomic E-state index is 12.1. The normalized spacial score (nSPS) is 16.4. The van der Waals surface area contributed by atoms with Crippen molar-refractivity contribution in [2.75, 3.05) is 36.8 Å². The highest BCUT2D eigenvalue weighted by Gasteiger charge is 2.20. The van der Waals surface area contributed by atoms with Gasteiger partial charge in [-0.05, 0) is 24.6 Å². The summed E-state index contributed by atoms with van der Waals surface area (Å²) >= 11 is 0. The second-order valence-electron chi connectivity index (χ2n) is 4.85. The molecule has 2 rings (SSSR count). The summed E-state index contributed by atoms with van der Waals surface area (Å²) in [4.78, 5) is 13.6. The van der Waals surface area contributed by atoms with E-state index in [9.17, 15) is 13.2 Å². The SMILES string of the molecule is CCNS(=O)(=O)c1ccc(N)c(N2CCCNC(=O)C2)c1. The van der Waals surface area contributed by atoms with E-state index in [4.69, 9.17) is 5.73 Å². The molecule has 0 spiro atoms. The minimum Gasteiger partial charge on any atom is -0.397 e. The van der Waals surface area contributed by atoms with E-state index < -0.39 is 10.0 Å². The summed E-state index contributed by atoms with van der Waals surface area (Å²) in [6.07, 6.45) is 0.787. The van der Waals surface area contributed by atoms with E-state index in [1.807, 2.05) is 4.90 Å². The van der Waals surface area contributed by atoms with Crippen LogP contribution >= 0.6 is 0 Å². The molecule has 8 heteroatoms. The smallest absolute Gasteiger partial charge is 0.240 e. The summed E-state index contributed by atoms with van der Waals surface area (Å²) in [6, 6.07) is 4.54. The second-order valence-corrected chi connectivity index (χ2v) is 6.61. The van der Waals surface area contributed by atoms with E-state index in [1.165, 1.54) is 12.1 Å². The third-order valence-corrected chi connectivity index (χ3v) is 4.79. The van der Waals surface area contributed by atoms with Crippen LogP contribution in [0.5, 0.6) is 0 Å². The predicted molar refractivity (Wildman–Crippen MR) is 81.6 cm³/mol. The molecule has 1 amide bonds. The van der Waals surface area contributed by atoms with E-state index in [2.05, 4.69) is 10.0 Å². The summed E-state index contributed by atoms with van der Waals surface area (Å²) in [6.45, 7) is 3.47. The van der Waals surface area contributed by atoms with Gasteiger partial charge < -0.3 is 16.0 Å². The molecule has 1 aliphatic heterocycles. The molecular formula is C13H20N4O3S. The van der Waals surface area contributed by atoms with Crippen LogP contribution in [0, 0.1) is 0 Å². The molecule has 0 aromatic heterocycles. The molecule has 1 heterocycles. The first kappa shape index (κ1) is 15.6. The molecule has 1 aromatic carbocycles. The van der Waals surface area contributed by atoms with Gasteiger partial charge in [-0.2, -0.15) is 0 Å². The topological polar surface area (TPSA) is 105 Å². The molecule has 1 fully saturated rings. The molecule has 7 nitrogen and oxygen atoms in total. The van der Waals surface area contributed by atoms with Gasteiger partial charge in [-0.15, -0.1) is 0 Å². The van der Waals surface area contributed by atoms with Crippen molar-refractivity contribution < 1.29 is 13.2 Å². The highest BCUT2D eigenvalue weighted by atomic mass is 32.2. The highest BCUT2D eigenvalue weighted by molar-refractivity contribution is 7.89. The summed E-state index contributed by atoms with van der Waals surface area (Å²) in [5.74, 6) is -0.0909. The zero-order chi connectivity index (χ0) is 15.5. The van der Waals surface area contributed by atoms with Crippen LogP contribution in [-0.4, -0.2) is 40.5 Å². The first-order valence-electron chi connectivity index (χ1n) is 6.85. The highest BCUT2D eigenvalue weighted by Crippen LogP contribution is 2.27. The number of anilines is 2. The lowest BCUT2D eigenvalue weighted by atomic mass is 10.2. The number of hydrogen-bond donors (Lipinski definition) is 3. The van der Waals surface area contributed by atoms with Crippen LogP contribution in [0.25, 0.3) is 0 Å². The largest absolute Gasteiger partial charge is 0.397 e. The summed E-state index contributed by atoms with van der Waals surface area (Å²) in [5.41, 5.74) is 6.98. The average molecular weight is 312 g/mol. The Morgan fingerprint density at radius 1 is 1.43 bits per heavy atom. The van der Waals surface area contributed by atoms with Gasteiger partial charge in [0.2, 0.25) is 15.9 Å². The molecule has 0 bridgehead atoms. The predicted octanol–water partition coefficient (Wildman–Crippen LogP) is -0.107. The number of carbonyl (C=O) groups is 1. The molecule has 0 atom stereocenters. The monoisotopic (exact) mass is 312 g/mol. The number of sulfonamides is 1. The molecule has 116 valence electrons. The summed E-state index contributed by atoms with van der Waals surface area (Å²) in [5, 5.41) is 2.78. The molecule has 0 saturated carbocycles. The van der Waals surface area contributed by atoms with Gasteiger partial charge >= 0.3 is 0 Å². The Bertz CT molecular complexity index is 630. The van der Waals surface area contributed by atoms with Crippen molar-refractivity contribution in [3.8, 4) is 0 Å². The van der Waals surface area contributed by atoms with Crippen LogP contribution in [-0.2, 0) is 14.8 Å². The third-order valence-electron chi connectivity index (χ3n) is 3.25. The van der Waals surface area contributed by atoms with E-state index >= 15 is 0 Å².